The minimum Gasteiger partial charge on any atom is -0.337 e. The minimum absolute atomic E-state index is 0.262. The van der Waals surface area contributed by atoms with Gasteiger partial charge in [-0.15, -0.1) is 5.10 Å². The zero-order valence-corrected chi connectivity index (χ0v) is 12.5. The van der Waals surface area contributed by atoms with Crippen LogP contribution >= 0.6 is 0 Å². The first-order chi connectivity index (χ1) is 9.56. The Bertz CT molecular complexity index is 570. The van der Waals surface area contributed by atoms with Gasteiger partial charge < -0.3 is 10.2 Å². The summed E-state index contributed by atoms with van der Waals surface area (Å²) >= 11 is 0. The van der Waals surface area contributed by atoms with E-state index in [0.717, 1.165) is 32.5 Å². The predicted octanol–water partition coefficient (Wildman–Crippen LogP) is 0.243. The molecule has 112 valence electrons. The molecule has 0 bridgehead atoms. The second-order valence-corrected chi connectivity index (χ2v) is 7.98. The lowest BCUT2D eigenvalue weighted by Gasteiger charge is -2.30. The molecule has 0 radical (unpaired) electrons. The Morgan fingerprint density at radius 2 is 2.20 bits per heavy atom. The van der Waals surface area contributed by atoms with E-state index in [-0.39, 0.29) is 5.75 Å². The maximum absolute atomic E-state index is 12.1. The number of hydrogen-bond acceptors (Lipinski definition) is 6. The number of sulfone groups is 1. The van der Waals surface area contributed by atoms with Crippen LogP contribution in [-0.2, 0) is 9.84 Å². The van der Waals surface area contributed by atoms with Crippen molar-refractivity contribution < 1.29 is 8.42 Å². The van der Waals surface area contributed by atoms with Crippen LogP contribution in [0.25, 0.3) is 0 Å². The number of aromatic amines is 1. The van der Waals surface area contributed by atoms with Crippen LogP contribution in [-0.4, -0.2) is 55.0 Å². The van der Waals surface area contributed by atoms with Gasteiger partial charge in [-0.1, -0.05) is 6.42 Å². The fraction of sp³-hybridized carbons (Fsp3) is 0.833. The predicted molar refractivity (Wildman–Crippen MR) is 76.4 cm³/mol. The topological polar surface area (TPSA) is 91.0 Å². The summed E-state index contributed by atoms with van der Waals surface area (Å²) < 4.78 is 24.2. The number of nitrogens with zero attached hydrogens (tertiary/aromatic N) is 3. The molecule has 2 N–H and O–H groups in total. The van der Waals surface area contributed by atoms with Crippen LogP contribution in [0.3, 0.4) is 0 Å². The molecule has 2 saturated heterocycles. The lowest BCUT2D eigenvalue weighted by atomic mass is 10.2. The highest BCUT2D eigenvalue weighted by Gasteiger charge is 2.33. The summed E-state index contributed by atoms with van der Waals surface area (Å²) in [5.41, 5.74) is 0. The quantitative estimate of drug-likeness (QED) is 0.813. The van der Waals surface area contributed by atoms with Gasteiger partial charge in [-0.3, -0.25) is 5.10 Å². The summed E-state index contributed by atoms with van der Waals surface area (Å²) in [6, 6.07) is 0.393. The highest BCUT2D eigenvalue weighted by atomic mass is 32.2. The van der Waals surface area contributed by atoms with Gasteiger partial charge >= 0.3 is 0 Å². The standard InChI is InChI=1S/C12H21N5O2S/c1-9-8-17(6-5-13-9)12-14-11(15-16-12)10-4-2-3-7-20(10,18)19/h9-10,13H,2-8H2,1H3,(H,14,15,16)/t9-,10?/m0/s1. The Labute approximate surface area is 119 Å². The zero-order valence-electron chi connectivity index (χ0n) is 11.7. The third kappa shape index (κ3) is 2.67. The van der Waals surface area contributed by atoms with E-state index in [4.69, 9.17) is 0 Å². The number of hydrogen-bond donors (Lipinski definition) is 2. The van der Waals surface area contributed by atoms with E-state index >= 15 is 0 Å². The Hall–Kier alpha value is -1.15. The molecule has 0 amide bonds. The van der Waals surface area contributed by atoms with Gasteiger partial charge in [0.05, 0.1) is 5.75 Å². The van der Waals surface area contributed by atoms with Crippen LogP contribution in [0.15, 0.2) is 0 Å². The molecule has 0 spiro atoms. The SMILES string of the molecule is C[C@H]1CN(c2n[nH]c(C3CCCCS3(=O)=O)n2)CCN1. The molecule has 3 heterocycles. The molecular weight excluding hydrogens is 278 g/mol. The average Bonchev–Trinajstić information content (AvgIpc) is 2.87. The first-order valence-corrected chi connectivity index (χ1v) is 8.90. The zero-order chi connectivity index (χ0) is 14.2. The van der Waals surface area contributed by atoms with Crippen molar-refractivity contribution in [2.75, 3.05) is 30.3 Å². The summed E-state index contributed by atoms with van der Waals surface area (Å²) in [7, 11) is -3.07. The third-order valence-electron chi connectivity index (χ3n) is 4.03. The van der Waals surface area contributed by atoms with Crippen molar-refractivity contribution in [1.82, 2.24) is 20.5 Å². The van der Waals surface area contributed by atoms with Crippen LogP contribution in [0, 0.1) is 0 Å². The molecule has 7 nitrogen and oxygen atoms in total. The molecule has 8 heteroatoms. The van der Waals surface area contributed by atoms with E-state index in [1.54, 1.807) is 0 Å². The van der Waals surface area contributed by atoms with Gasteiger partial charge in [0.25, 0.3) is 0 Å². The molecule has 2 fully saturated rings. The summed E-state index contributed by atoms with van der Waals surface area (Å²) in [4.78, 5) is 6.53. The van der Waals surface area contributed by atoms with E-state index in [0.29, 0.717) is 24.2 Å². The molecule has 2 aliphatic heterocycles. The highest BCUT2D eigenvalue weighted by molar-refractivity contribution is 7.91. The Balaban J connectivity index is 1.79. The number of H-pyrrole nitrogens is 1. The van der Waals surface area contributed by atoms with Crippen molar-refractivity contribution in [3.8, 4) is 0 Å². The average molecular weight is 299 g/mol. The van der Waals surface area contributed by atoms with Crippen molar-refractivity contribution in [3.05, 3.63) is 5.82 Å². The Morgan fingerprint density at radius 1 is 1.35 bits per heavy atom. The minimum atomic E-state index is -3.07. The fourth-order valence-electron chi connectivity index (χ4n) is 2.93. The van der Waals surface area contributed by atoms with E-state index in [2.05, 4.69) is 32.3 Å². The van der Waals surface area contributed by atoms with Crippen LogP contribution in [0.4, 0.5) is 5.95 Å². The molecule has 1 unspecified atom stereocenters. The summed E-state index contributed by atoms with van der Waals surface area (Å²) in [6.07, 6.45) is 2.34. The molecule has 2 atom stereocenters. The normalized spacial score (nSPS) is 30.4. The van der Waals surface area contributed by atoms with Gasteiger partial charge in [-0.05, 0) is 19.8 Å². The first-order valence-electron chi connectivity index (χ1n) is 7.18. The highest BCUT2D eigenvalue weighted by Crippen LogP contribution is 2.31. The largest absolute Gasteiger partial charge is 0.337 e. The number of anilines is 1. The number of piperazine rings is 1. The van der Waals surface area contributed by atoms with E-state index in [9.17, 15) is 8.42 Å². The molecule has 0 aromatic carbocycles. The van der Waals surface area contributed by atoms with E-state index < -0.39 is 15.1 Å². The molecule has 1 aromatic heterocycles. The molecule has 2 aliphatic rings. The van der Waals surface area contributed by atoms with Crippen LogP contribution in [0.2, 0.25) is 0 Å². The number of nitrogens with one attached hydrogen (secondary N) is 2. The van der Waals surface area contributed by atoms with Crippen molar-refractivity contribution in [3.63, 3.8) is 0 Å². The second kappa shape index (κ2) is 5.33. The first kappa shape index (κ1) is 13.8. The maximum Gasteiger partial charge on any atom is 0.244 e. The van der Waals surface area contributed by atoms with Crippen molar-refractivity contribution in [1.29, 1.82) is 0 Å². The van der Waals surface area contributed by atoms with Crippen molar-refractivity contribution in [2.45, 2.75) is 37.5 Å². The van der Waals surface area contributed by atoms with Crippen molar-refractivity contribution >= 4 is 15.8 Å². The third-order valence-corrected chi connectivity index (χ3v) is 6.21. The van der Waals surface area contributed by atoms with E-state index in [1.165, 1.54) is 0 Å². The molecule has 0 aliphatic carbocycles. The molecule has 0 saturated carbocycles. The van der Waals surface area contributed by atoms with Gasteiger partial charge in [0, 0.05) is 25.7 Å². The Kier molecular flexibility index (Phi) is 3.68. The maximum atomic E-state index is 12.1. The van der Waals surface area contributed by atoms with Gasteiger partial charge in [0.15, 0.2) is 9.84 Å². The lowest BCUT2D eigenvalue weighted by molar-refractivity contribution is 0.479. The lowest BCUT2D eigenvalue weighted by Crippen LogP contribution is -2.49. The van der Waals surface area contributed by atoms with Gasteiger partial charge in [-0.2, -0.15) is 4.98 Å². The number of aromatic nitrogens is 3. The summed E-state index contributed by atoms with van der Waals surface area (Å²) in [6.45, 7) is 4.70. The van der Waals surface area contributed by atoms with E-state index in [1.807, 2.05) is 0 Å². The van der Waals surface area contributed by atoms with Gasteiger partial charge in [-0.25, -0.2) is 8.42 Å². The van der Waals surface area contributed by atoms with Crippen molar-refractivity contribution in [2.24, 2.45) is 0 Å². The van der Waals surface area contributed by atoms with Gasteiger partial charge in [0.2, 0.25) is 5.95 Å². The molecular formula is C12H21N5O2S. The van der Waals surface area contributed by atoms with Crippen LogP contribution in [0.1, 0.15) is 37.3 Å². The van der Waals surface area contributed by atoms with Crippen LogP contribution < -0.4 is 10.2 Å². The van der Waals surface area contributed by atoms with Gasteiger partial charge in [0.1, 0.15) is 11.1 Å². The second-order valence-electron chi connectivity index (χ2n) is 5.67. The molecule has 1 aromatic rings. The monoisotopic (exact) mass is 299 g/mol. The fourth-order valence-corrected chi connectivity index (χ4v) is 4.79. The summed E-state index contributed by atoms with van der Waals surface area (Å²) in [5.74, 6) is 1.39. The smallest absolute Gasteiger partial charge is 0.244 e. The number of rotatable bonds is 2. The molecule has 3 rings (SSSR count). The summed E-state index contributed by atoms with van der Waals surface area (Å²) in [5, 5.41) is 9.91. The Morgan fingerprint density at radius 3 is 2.95 bits per heavy atom. The van der Waals surface area contributed by atoms with Crippen LogP contribution in [0.5, 0.6) is 0 Å². The molecule has 20 heavy (non-hydrogen) atoms.